The molecule has 17 heavy (non-hydrogen) atoms. The summed E-state index contributed by atoms with van der Waals surface area (Å²) < 4.78 is 1.03. The highest BCUT2D eigenvalue weighted by molar-refractivity contribution is 9.10. The number of aromatic nitrogens is 1. The van der Waals surface area contributed by atoms with Crippen LogP contribution in [0.1, 0.15) is 15.7 Å². The minimum atomic E-state index is 0.279. The molecule has 0 spiro atoms. The maximum atomic E-state index is 5.87. The van der Waals surface area contributed by atoms with E-state index in [1.165, 1.54) is 10.4 Å². The van der Waals surface area contributed by atoms with Crippen LogP contribution >= 0.6 is 39.0 Å². The predicted molar refractivity (Wildman–Crippen MR) is 78.6 cm³/mol. The molecule has 0 amide bonds. The largest absolute Gasteiger partial charge is 0.329 e. The lowest BCUT2D eigenvalue weighted by molar-refractivity contribution is 0.944. The number of pyridine rings is 1. The van der Waals surface area contributed by atoms with E-state index in [4.69, 9.17) is 5.73 Å². The highest BCUT2D eigenvalue weighted by atomic mass is 79.9. The summed E-state index contributed by atoms with van der Waals surface area (Å²) in [4.78, 5) is 5.71. The topological polar surface area (TPSA) is 38.9 Å². The number of thioether (sulfide) groups is 1. The Morgan fingerprint density at radius 1 is 1.53 bits per heavy atom. The molecule has 0 aromatic carbocycles. The summed E-state index contributed by atoms with van der Waals surface area (Å²) in [5.41, 5.74) is 7.18. The Morgan fingerprint density at radius 3 is 2.94 bits per heavy atom. The number of rotatable bonds is 4. The average molecular weight is 329 g/mol. The van der Waals surface area contributed by atoms with Crippen LogP contribution in [-0.4, -0.2) is 11.5 Å². The molecule has 1 atom stereocenters. The molecule has 1 unspecified atom stereocenters. The van der Waals surface area contributed by atoms with E-state index in [0.717, 1.165) is 9.50 Å². The molecular weight excluding hydrogens is 316 g/mol. The fourth-order valence-corrected chi connectivity index (χ4v) is 4.24. The second kappa shape index (κ2) is 6.00. The van der Waals surface area contributed by atoms with Crippen molar-refractivity contribution >= 4 is 39.0 Å². The summed E-state index contributed by atoms with van der Waals surface area (Å²) in [6.45, 7) is 2.75. The second-order valence-corrected chi connectivity index (χ2v) is 6.59. The molecule has 0 aliphatic heterocycles. The summed E-state index contributed by atoms with van der Waals surface area (Å²) in [6, 6.07) is 6.06. The van der Waals surface area contributed by atoms with Crippen molar-refractivity contribution in [1.82, 2.24) is 4.98 Å². The van der Waals surface area contributed by atoms with Gasteiger partial charge in [0.1, 0.15) is 5.03 Å². The number of nitrogens with two attached hydrogens (primary N) is 1. The molecule has 2 nitrogen and oxygen atoms in total. The first-order valence-corrected chi connectivity index (χ1v) is 7.79. The molecule has 0 aliphatic carbocycles. The molecule has 2 rings (SSSR count). The lowest BCUT2D eigenvalue weighted by Crippen LogP contribution is -2.09. The van der Waals surface area contributed by atoms with Crippen molar-refractivity contribution in [3.05, 3.63) is 44.7 Å². The van der Waals surface area contributed by atoms with Crippen LogP contribution in [0.25, 0.3) is 0 Å². The van der Waals surface area contributed by atoms with Crippen LogP contribution in [-0.2, 0) is 0 Å². The molecule has 5 heteroatoms. The number of thiophene rings is 1. The van der Waals surface area contributed by atoms with E-state index in [-0.39, 0.29) is 5.25 Å². The van der Waals surface area contributed by atoms with Gasteiger partial charge in [-0.05, 0) is 52.0 Å². The Kier molecular flexibility index (Phi) is 4.62. The van der Waals surface area contributed by atoms with Crippen molar-refractivity contribution in [1.29, 1.82) is 0 Å². The van der Waals surface area contributed by atoms with Crippen LogP contribution in [0.15, 0.2) is 39.3 Å². The van der Waals surface area contributed by atoms with Crippen molar-refractivity contribution in [3.8, 4) is 0 Å². The first kappa shape index (κ1) is 13.1. The molecule has 2 heterocycles. The number of aryl methyl sites for hydroxylation is 1. The molecule has 0 saturated heterocycles. The van der Waals surface area contributed by atoms with E-state index < -0.39 is 0 Å². The van der Waals surface area contributed by atoms with Crippen LogP contribution in [0.5, 0.6) is 0 Å². The summed E-state index contributed by atoms with van der Waals surface area (Å²) in [5, 5.41) is 3.39. The number of hydrogen-bond acceptors (Lipinski definition) is 4. The molecule has 0 radical (unpaired) electrons. The zero-order valence-electron chi connectivity index (χ0n) is 9.39. The van der Waals surface area contributed by atoms with Gasteiger partial charge in [0, 0.05) is 22.1 Å². The minimum absolute atomic E-state index is 0.279. The van der Waals surface area contributed by atoms with Gasteiger partial charge in [0.2, 0.25) is 0 Å². The number of nitrogens with zero attached hydrogens (tertiary/aromatic N) is 1. The predicted octanol–water partition coefficient (Wildman–Crippen LogP) is 4.01. The van der Waals surface area contributed by atoms with E-state index in [1.807, 2.05) is 18.3 Å². The van der Waals surface area contributed by atoms with Crippen LogP contribution in [0, 0.1) is 6.92 Å². The standard InChI is InChI=1S/C12H13BrN2S2/c1-8-4-6-16-11(8)10(7-14)17-12-9(13)3-2-5-15-12/h2-6,10H,7,14H2,1H3. The van der Waals surface area contributed by atoms with E-state index in [0.29, 0.717) is 6.54 Å². The molecule has 0 saturated carbocycles. The Bertz CT molecular complexity index is 499. The molecule has 2 aromatic rings. The monoisotopic (exact) mass is 328 g/mol. The Morgan fingerprint density at radius 2 is 2.35 bits per heavy atom. The zero-order chi connectivity index (χ0) is 12.3. The van der Waals surface area contributed by atoms with Crippen LogP contribution in [0.2, 0.25) is 0 Å². The van der Waals surface area contributed by atoms with Crippen molar-refractivity contribution in [2.75, 3.05) is 6.54 Å². The highest BCUT2D eigenvalue weighted by Crippen LogP contribution is 2.39. The first-order chi connectivity index (χ1) is 8.22. The van der Waals surface area contributed by atoms with Gasteiger partial charge < -0.3 is 5.73 Å². The molecule has 2 aromatic heterocycles. The minimum Gasteiger partial charge on any atom is -0.329 e. The van der Waals surface area contributed by atoms with Gasteiger partial charge in [0.15, 0.2) is 0 Å². The Balaban J connectivity index is 2.22. The SMILES string of the molecule is Cc1ccsc1C(CN)Sc1ncccc1Br. The Labute approximate surface area is 118 Å². The fraction of sp³-hybridized carbons (Fsp3) is 0.250. The van der Waals surface area contributed by atoms with Crippen LogP contribution < -0.4 is 5.73 Å². The molecular formula is C12H13BrN2S2. The van der Waals surface area contributed by atoms with E-state index in [1.54, 1.807) is 23.1 Å². The third-order valence-electron chi connectivity index (χ3n) is 2.39. The smallest absolute Gasteiger partial charge is 0.111 e. The zero-order valence-corrected chi connectivity index (χ0v) is 12.6. The summed E-state index contributed by atoms with van der Waals surface area (Å²) in [5.74, 6) is 0. The Hall–Kier alpha value is -0.360. The lowest BCUT2D eigenvalue weighted by atomic mass is 10.2. The molecule has 0 aliphatic rings. The van der Waals surface area contributed by atoms with Gasteiger partial charge in [-0.25, -0.2) is 4.98 Å². The van der Waals surface area contributed by atoms with Gasteiger partial charge in [-0.15, -0.1) is 11.3 Å². The van der Waals surface area contributed by atoms with Crippen molar-refractivity contribution in [2.24, 2.45) is 5.73 Å². The van der Waals surface area contributed by atoms with Gasteiger partial charge in [0.25, 0.3) is 0 Å². The molecule has 2 N–H and O–H groups in total. The van der Waals surface area contributed by atoms with Gasteiger partial charge in [-0.3, -0.25) is 0 Å². The van der Waals surface area contributed by atoms with E-state index in [2.05, 4.69) is 39.3 Å². The number of hydrogen-bond donors (Lipinski definition) is 1. The van der Waals surface area contributed by atoms with Gasteiger partial charge >= 0.3 is 0 Å². The molecule has 0 bridgehead atoms. The fourth-order valence-electron chi connectivity index (χ4n) is 1.52. The molecule has 0 fully saturated rings. The van der Waals surface area contributed by atoms with Gasteiger partial charge in [-0.2, -0.15) is 0 Å². The second-order valence-electron chi connectivity index (χ2n) is 3.60. The van der Waals surface area contributed by atoms with Crippen LogP contribution in [0.3, 0.4) is 0 Å². The average Bonchev–Trinajstić information content (AvgIpc) is 2.75. The maximum Gasteiger partial charge on any atom is 0.111 e. The third kappa shape index (κ3) is 3.10. The summed E-state index contributed by atoms with van der Waals surface area (Å²) >= 11 is 6.99. The lowest BCUT2D eigenvalue weighted by Gasteiger charge is -2.14. The van der Waals surface area contributed by atoms with Gasteiger partial charge in [0.05, 0.1) is 5.25 Å². The highest BCUT2D eigenvalue weighted by Gasteiger charge is 2.16. The van der Waals surface area contributed by atoms with Crippen LogP contribution in [0.4, 0.5) is 0 Å². The van der Waals surface area contributed by atoms with Crippen molar-refractivity contribution in [3.63, 3.8) is 0 Å². The summed E-state index contributed by atoms with van der Waals surface area (Å²) in [6.07, 6.45) is 1.81. The summed E-state index contributed by atoms with van der Waals surface area (Å²) in [7, 11) is 0. The molecule has 90 valence electrons. The quantitative estimate of drug-likeness (QED) is 0.862. The maximum absolute atomic E-state index is 5.87. The van der Waals surface area contributed by atoms with Crippen molar-refractivity contribution in [2.45, 2.75) is 17.2 Å². The van der Waals surface area contributed by atoms with E-state index >= 15 is 0 Å². The normalized spacial score (nSPS) is 12.6. The third-order valence-corrected chi connectivity index (χ3v) is 5.83. The first-order valence-electron chi connectivity index (χ1n) is 5.23. The van der Waals surface area contributed by atoms with E-state index in [9.17, 15) is 0 Å². The van der Waals surface area contributed by atoms with Gasteiger partial charge in [-0.1, -0.05) is 11.8 Å². The number of halogens is 1. The van der Waals surface area contributed by atoms with Crippen molar-refractivity contribution < 1.29 is 0 Å².